The minimum absolute atomic E-state index is 0.0905. The van der Waals surface area contributed by atoms with Crippen LogP contribution in [0.4, 0.5) is 5.82 Å². The number of pyridine rings is 1. The number of benzene rings is 1. The standard InChI is InChI=1S/C12H11BrN2O2/c13-9-4-1-7(2-6-11(16)17)12-8(9)3-5-10(14)15-12/h1,3-5H,2,6H2,(H2,14,15)(H,16,17). The normalized spacial score (nSPS) is 10.6. The van der Waals surface area contributed by atoms with E-state index in [9.17, 15) is 4.79 Å². The molecule has 0 saturated heterocycles. The summed E-state index contributed by atoms with van der Waals surface area (Å²) in [6, 6.07) is 7.39. The quantitative estimate of drug-likeness (QED) is 0.912. The van der Waals surface area contributed by atoms with E-state index in [1.54, 1.807) is 6.07 Å². The number of fused-ring (bicyclic) bond motifs is 1. The predicted octanol–water partition coefficient (Wildman–Crippen LogP) is 2.60. The molecule has 1 heterocycles. The molecule has 1 aromatic carbocycles. The van der Waals surface area contributed by atoms with Crippen molar-refractivity contribution in [1.82, 2.24) is 4.98 Å². The van der Waals surface area contributed by atoms with Crippen LogP contribution in [0.25, 0.3) is 10.9 Å². The Morgan fingerprint density at radius 3 is 2.82 bits per heavy atom. The van der Waals surface area contributed by atoms with E-state index in [0.717, 1.165) is 20.9 Å². The summed E-state index contributed by atoms with van der Waals surface area (Å²) in [6.45, 7) is 0. The van der Waals surface area contributed by atoms with Crippen molar-refractivity contribution in [3.05, 3.63) is 34.3 Å². The molecular formula is C12H11BrN2O2. The molecule has 0 unspecified atom stereocenters. The summed E-state index contributed by atoms with van der Waals surface area (Å²) in [6.07, 6.45) is 0.544. The summed E-state index contributed by atoms with van der Waals surface area (Å²) in [7, 11) is 0. The molecule has 0 spiro atoms. The molecule has 0 amide bonds. The Kier molecular flexibility index (Phi) is 3.28. The monoisotopic (exact) mass is 294 g/mol. The molecule has 0 aliphatic heterocycles. The molecule has 5 heteroatoms. The number of rotatable bonds is 3. The van der Waals surface area contributed by atoms with Crippen molar-refractivity contribution < 1.29 is 9.90 Å². The third kappa shape index (κ3) is 2.55. The van der Waals surface area contributed by atoms with Crippen molar-refractivity contribution in [3.8, 4) is 0 Å². The van der Waals surface area contributed by atoms with Gasteiger partial charge in [0.1, 0.15) is 5.82 Å². The van der Waals surface area contributed by atoms with Gasteiger partial charge in [-0.05, 0) is 30.2 Å². The van der Waals surface area contributed by atoms with Gasteiger partial charge < -0.3 is 10.8 Å². The smallest absolute Gasteiger partial charge is 0.303 e. The number of aliphatic carboxylic acids is 1. The SMILES string of the molecule is Nc1ccc2c(Br)ccc(CCC(=O)O)c2n1. The van der Waals surface area contributed by atoms with Crippen LogP contribution in [-0.2, 0) is 11.2 Å². The molecular weight excluding hydrogens is 284 g/mol. The van der Waals surface area contributed by atoms with Crippen molar-refractivity contribution in [2.24, 2.45) is 0 Å². The number of nitrogen functional groups attached to an aromatic ring is 1. The highest BCUT2D eigenvalue weighted by Gasteiger charge is 2.08. The van der Waals surface area contributed by atoms with Gasteiger partial charge in [0.25, 0.3) is 0 Å². The molecule has 0 bridgehead atoms. The average Bonchev–Trinajstić information content (AvgIpc) is 2.28. The highest BCUT2D eigenvalue weighted by atomic mass is 79.9. The second-order valence-electron chi connectivity index (χ2n) is 3.73. The number of aryl methyl sites for hydroxylation is 1. The number of carboxylic acids is 1. The van der Waals surface area contributed by atoms with Crippen molar-refractivity contribution in [1.29, 1.82) is 0 Å². The van der Waals surface area contributed by atoms with Gasteiger partial charge >= 0.3 is 5.97 Å². The fourth-order valence-corrected chi connectivity index (χ4v) is 2.15. The molecule has 17 heavy (non-hydrogen) atoms. The maximum Gasteiger partial charge on any atom is 0.303 e. The second-order valence-corrected chi connectivity index (χ2v) is 4.59. The molecule has 0 fully saturated rings. The summed E-state index contributed by atoms with van der Waals surface area (Å²) >= 11 is 3.44. The van der Waals surface area contributed by atoms with Crippen LogP contribution in [0.5, 0.6) is 0 Å². The molecule has 2 aromatic rings. The zero-order valence-electron chi connectivity index (χ0n) is 8.98. The van der Waals surface area contributed by atoms with E-state index in [2.05, 4.69) is 20.9 Å². The molecule has 2 rings (SSSR count). The van der Waals surface area contributed by atoms with Gasteiger partial charge in [0, 0.05) is 16.3 Å². The minimum Gasteiger partial charge on any atom is -0.481 e. The molecule has 0 aliphatic carbocycles. The van der Waals surface area contributed by atoms with Crippen LogP contribution < -0.4 is 5.73 Å². The Balaban J connectivity index is 2.52. The fraction of sp³-hybridized carbons (Fsp3) is 0.167. The van der Waals surface area contributed by atoms with Crippen molar-refractivity contribution in [2.75, 3.05) is 5.73 Å². The lowest BCUT2D eigenvalue weighted by Crippen LogP contribution is -2.00. The molecule has 0 radical (unpaired) electrons. The third-order valence-corrected chi connectivity index (χ3v) is 3.21. The lowest BCUT2D eigenvalue weighted by molar-refractivity contribution is -0.136. The highest BCUT2D eigenvalue weighted by molar-refractivity contribution is 9.10. The lowest BCUT2D eigenvalue weighted by atomic mass is 10.1. The number of aromatic nitrogens is 1. The Morgan fingerprint density at radius 1 is 1.35 bits per heavy atom. The van der Waals surface area contributed by atoms with Gasteiger partial charge in [-0.3, -0.25) is 4.79 Å². The van der Waals surface area contributed by atoms with Gasteiger partial charge in [-0.15, -0.1) is 0 Å². The van der Waals surface area contributed by atoms with Crippen LogP contribution in [0.2, 0.25) is 0 Å². The first-order valence-electron chi connectivity index (χ1n) is 5.13. The van der Waals surface area contributed by atoms with E-state index in [1.807, 2.05) is 18.2 Å². The maximum atomic E-state index is 10.6. The first kappa shape index (κ1) is 11.9. The second kappa shape index (κ2) is 4.71. The zero-order valence-corrected chi connectivity index (χ0v) is 10.6. The molecule has 4 nitrogen and oxygen atoms in total. The van der Waals surface area contributed by atoms with Crippen molar-refractivity contribution in [3.63, 3.8) is 0 Å². The number of carbonyl (C=O) groups is 1. The van der Waals surface area contributed by atoms with E-state index in [-0.39, 0.29) is 6.42 Å². The summed E-state index contributed by atoms with van der Waals surface area (Å²) in [5.74, 6) is -0.378. The van der Waals surface area contributed by atoms with E-state index in [4.69, 9.17) is 10.8 Å². The maximum absolute atomic E-state index is 10.6. The Morgan fingerprint density at radius 2 is 2.12 bits per heavy atom. The van der Waals surface area contributed by atoms with Gasteiger partial charge in [-0.25, -0.2) is 4.98 Å². The number of nitrogens with zero attached hydrogens (tertiary/aromatic N) is 1. The molecule has 0 saturated carbocycles. The van der Waals surface area contributed by atoms with Crippen LogP contribution in [0.1, 0.15) is 12.0 Å². The molecule has 1 aromatic heterocycles. The topological polar surface area (TPSA) is 76.2 Å². The van der Waals surface area contributed by atoms with Gasteiger partial charge in [0.05, 0.1) is 5.52 Å². The van der Waals surface area contributed by atoms with Gasteiger partial charge in [-0.1, -0.05) is 22.0 Å². The van der Waals surface area contributed by atoms with E-state index < -0.39 is 5.97 Å². The first-order valence-corrected chi connectivity index (χ1v) is 5.92. The summed E-state index contributed by atoms with van der Waals surface area (Å²) in [5.41, 5.74) is 7.32. The average molecular weight is 295 g/mol. The van der Waals surface area contributed by atoms with Crippen molar-refractivity contribution >= 4 is 38.6 Å². The lowest BCUT2D eigenvalue weighted by Gasteiger charge is -2.07. The Bertz CT molecular complexity index is 584. The largest absolute Gasteiger partial charge is 0.481 e. The van der Waals surface area contributed by atoms with Crippen LogP contribution in [0, 0.1) is 0 Å². The van der Waals surface area contributed by atoms with Gasteiger partial charge in [-0.2, -0.15) is 0 Å². The van der Waals surface area contributed by atoms with E-state index in [1.165, 1.54) is 0 Å². The highest BCUT2D eigenvalue weighted by Crippen LogP contribution is 2.27. The Labute approximate surface area is 107 Å². The number of carboxylic acid groups (broad SMARTS) is 1. The van der Waals surface area contributed by atoms with E-state index >= 15 is 0 Å². The molecule has 3 N–H and O–H groups in total. The predicted molar refractivity (Wildman–Crippen MR) is 69.8 cm³/mol. The number of hydrogen-bond donors (Lipinski definition) is 2. The van der Waals surface area contributed by atoms with Gasteiger partial charge in [0.2, 0.25) is 0 Å². The van der Waals surface area contributed by atoms with Gasteiger partial charge in [0.15, 0.2) is 0 Å². The van der Waals surface area contributed by atoms with Crippen LogP contribution in [-0.4, -0.2) is 16.1 Å². The van der Waals surface area contributed by atoms with E-state index in [0.29, 0.717) is 12.2 Å². The summed E-state index contributed by atoms with van der Waals surface area (Å²) < 4.78 is 0.930. The number of hydrogen-bond acceptors (Lipinski definition) is 3. The molecule has 0 aliphatic rings. The molecule has 0 atom stereocenters. The fourth-order valence-electron chi connectivity index (χ4n) is 1.70. The first-order chi connectivity index (χ1) is 8.08. The summed E-state index contributed by atoms with van der Waals surface area (Å²) in [4.78, 5) is 14.9. The number of anilines is 1. The Hall–Kier alpha value is -1.62. The number of halogens is 1. The zero-order chi connectivity index (χ0) is 12.4. The third-order valence-electron chi connectivity index (χ3n) is 2.52. The van der Waals surface area contributed by atoms with Crippen LogP contribution in [0.15, 0.2) is 28.7 Å². The summed E-state index contributed by atoms with van der Waals surface area (Å²) in [5, 5.41) is 9.65. The van der Waals surface area contributed by atoms with Crippen LogP contribution >= 0.6 is 15.9 Å². The number of nitrogens with two attached hydrogens (primary N) is 1. The van der Waals surface area contributed by atoms with Crippen LogP contribution in [0.3, 0.4) is 0 Å². The van der Waals surface area contributed by atoms with Crippen molar-refractivity contribution in [2.45, 2.75) is 12.8 Å². The molecule has 88 valence electrons. The minimum atomic E-state index is -0.815.